The molecule has 3 saturated heterocycles. The van der Waals surface area contributed by atoms with Crippen LogP contribution in [0.2, 0.25) is 0 Å². The zero-order valence-corrected chi connectivity index (χ0v) is 15.2. The lowest BCUT2D eigenvalue weighted by Crippen LogP contribution is -2.55. The van der Waals surface area contributed by atoms with Gasteiger partial charge in [0.15, 0.2) is 0 Å². The van der Waals surface area contributed by atoms with E-state index < -0.39 is 0 Å². The second kappa shape index (κ2) is 8.61. The zero-order valence-electron chi connectivity index (χ0n) is 15.2. The Morgan fingerprint density at radius 2 is 1.62 bits per heavy atom. The van der Waals surface area contributed by atoms with Crippen molar-refractivity contribution in [2.24, 2.45) is 0 Å². The second-order valence-electron chi connectivity index (χ2n) is 7.58. The molecule has 3 rings (SSSR count). The lowest BCUT2D eigenvalue weighted by molar-refractivity contribution is -0.137. The summed E-state index contributed by atoms with van der Waals surface area (Å²) in [5.74, 6) is 0.336. The van der Waals surface area contributed by atoms with Crippen molar-refractivity contribution in [1.82, 2.24) is 19.6 Å². The molecular weight excluding hydrogens is 304 g/mol. The third-order valence-corrected chi connectivity index (χ3v) is 6.16. The number of carbonyl (C=O) groups is 1. The normalized spacial score (nSPS) is 26.8. The lowest BCUT2D eigenvalue weighted by atomic mass is 10.0. The van der Waals surface area contributed by atoms with Gasteiger partial charge in [0.2, 0.25) is 5.91 Å². The third kappa shape index (κ3) is 4.28. The highest BCUT2D eigenvalue weighted by Gasteiger charge is 2.32. The number of likely N-dealkylation sites (tertiary alicyclic amines) is 2. The number of aliphatic hydroxyl groups is 1. The molecule has 0 spiro atoms. The SMILES string of the molecule is C[C@H](C(=O)N1CCC(N2CCN(CCO)CC2)CC1)N1CCCC1. The maximum atomic E-state index is 12.7. The summed E-state index contributed by atoms with van der Waals surface area (Å²) < 4.78 is 0. The Labute approximate surface area is 146 Å². The Morgan fingerprint density at radius 3 is 2.21 bits per heavy atom. The van der Waals surface area contributed by atoms with Crippen LogP contribution in [0.1, 0.15) is 32.6 Å². The Morgan fingerprint density at radius 1 is 1.00 bits per heavy atom. The molecule has 0 aromatic heterocycles. The molecule has 3 heterocycles. The van der Waals surface area contributed by atoms with Crippen LogP contribution in [-0.4, -0.2) is 108 Å². The van der Waals surface area contributed by atoms with Crippen LogP contribution in [-0.2, 0) is 4.79 Å². The molecule has 138 valence electrons. The van der Waals surface area contributed by atoms with Crippen LogP contribution in [0.5, 0.6) is 0 Å². The van der Waals surface area contributed by atoms with Gasteiger partial charge in [-0.3, -0.25) is 19.5 Å². The first-order valence-corrected chi connectivity index (χ1v) is 9.79. The fourth-order valence-electron chi connectivity index (χ4n) is 4.49. The number of rotatable bonds is 5. The van der Waals surface area contributed by atoms with Gasteiger partial charge < -0.3 is 10.0 Å². The molecule has 6 nitrogen and oxygen atoms in total. The van der Waals surface area contributed by atoms with Crippen molar-refractivity contribution in [3.05, 3.63) is 0 Å². The van der Waals surface area contributed by atoms with Gasteiger partial charge in [0.1, 0.15) is 0 Å². The van der Waals surface area contributed by atoms with Crippen LogP contribution in [0, 0.1) is 0 Å². The van der Waals surface area contributed by atoms with Gasteiger partial charge >= 0.3 is 0 Å². The molecule has 1 amide bonds. The van der Waals surface area contributed by atoms with Gasteiger partial charge in [-0.2, -0.15) is 0 Å². The standard InChI is InChI=1S/C18H34N4O2/c1-16(20-6-2-3-7-20)18(24)22-8-4-17(5-9-22)21-12-10-19(11-13-21)14-15-23/h16-17,23H,2-15H2,1H3/t16-/m1/s1. The Balaban J connectivity index is 1.41. The van der Waals surface area contributed by atoms with Gasteiger partial charge in [-0.1, -0.05) is 0 Å². The molecule has 0 unspecified atom stereocenters. The van der Waals surface area contributed by atoms with Crippen LogP contribution in [0.15, 0.2) is 0 Å². The third-order valence-electron chi connectivity index (χ3n) is 6.16. The van der Waals surface area contributed by atoms with E-state index in [4.69, 9.17) is 5.11 Å². The molecule has 6 heteroatoms. The summed E-state index contributed by atoms with van der Waals surface area (Å²) in [7, 11) is 0. The Hall–Kier alpha value is -0.690. The van der Waals surface area contributed by atoms with Gasteiger partial charge in [0, 0.05) is 51.9 Å². The molecule has 0 aromatic rings. The molecule has 0 bridgehead atoms. The smallest absolute Gasteiger partial charge is 0.239 e. The topological polar surface area (TPSA) is 50.3 Å². The summed E-state index contributed by atoms with van der Waals surface area (Å²) in [6, 6.07) is 0.693. The molecule has 3 aliphatic rings. The first kappa shape index (κ1) is 18.1. The Bertz CT molecular complexity index is 398. The monoisotopic (exact) mass is 338 g/mol. The van der Waals surface area contributed by atoms with Crippen molar-refractivity contribution in [3.63, 3.8) is 0 Å². The van der Waals surface area contributed by atoms with Gasteiger partial charge in [0.25, 0.3) is 0 Å². The summed E-state index contributed by atoms with van der Waals surface area (Å²) >= 11 is 0. The van der Waals surface area contributed by atoms with Crippen LogP contribution < -0.4 is 0 Å². The summed E-state index contributed by atoms with van der Waals surface area (Å²) in [4.78, 5) is 22.1. The van der Waals surface area contributed by atoms with Crippen molar-refractivity contribution in [2.75, 3.05) is 65.5 Å². The fourth-order valence-corrected chi connectivity index (χ4v) is 4.49. The van der Waals surface area contributed by atoms with E-state index in [-0.39, 0.29) is 12.6 Å². The van der Waals surface area contributed by atoms with Gasteiger partial charge in [-0.25, -0.2) is 0 Å². The van der Waals surface area contributed by atoms with E-state index >= 15 is 0 Å². The van der Waals surface area contributed by atoms with E-state index in [1.807, 2.05) is 0 Å². The predicted octanol–water partition coefficient (Wildman–Crippen LogP) is 0.0716. The molecule has 0 saturated carbocycles. The van der Waals surface area contributed by atoms with E-state index in [0.717, 1.165) is 71.7 Å². The van der Waals surface area contributed by atoms with Crippen LogP contribution in [0.4, 0.5) is 0 Å². The zero-order chi connectivity index (χ0) is 16.9. The van der Waals surface area contributed by atoms with Gasteiger partial charge in [-0.15, -0.1) is 0 Å². The minimum absolute atomic E-state index is 0.0612. The highest BCUT2D eigenvalue weighted by molar-refractivity contribution is 5.81. The predicted molar refractivity (Wildman–Crippen MR) is 95.0 cm³/mol. The van der Waals surface area contributed by atoms with E-state index in [1.54, 1.807) is 0 Å². The lowest BCUT2D eigenvalue weighted by Gasteiger charge is -2.43. The number of amides is 1. The number of piperazine rings is 1. The van der Waals surface area contributed by atoms with E-state index in [2.05, 4.69) is 26.5 Å². The molecular formula is C18H34N4O2. The summed E-state index contributed by atoms with van der Waals surface area (Å²) in [5, 5.41) is 9.04. The number of piperidine rings is 1. The van der Waals surface area contributed by atoms with Gasteiger partial charge in [0.05, 0.1) is 12.6 Å². The molecule has 3 fully saturated rings. The number of hydrogen-bond acceptors (Lipinski definition) is 5. The van der Waals surface area contributed by atoms with Crippen molar-refractivity contribution < 1.29 is 9.90 Å². The minimum atomic E-state index is 0.0612. The molecule has 3 aliphatic heterocycles. The average Bonchev–Trinajstić information content (AvgIpc) is 3.16. The highest BCUT2D eigenvalue weighted by Crippen LogP contribution is 2.20. The number of carbonyl (C=O) groups excluding carboxylic acids is 1. The first-order chi connectivity index (χ1) is 11.7. The highest BCUT2D eigenvalue weighted by atomic mass is 16.3. The summed E-state index contributed by atoms with van der Waals surface area (Å²) in [5.41, 5.74) is 0. The molecule has 0 radical (unpaired) electrons. The number of aliphatic hydroxyl groups excluding tert-OH is 1. The van der Waals surface area contributed by atoms with Crippen molar-refractivity contribution in [1.29, 1.82) is 0 Å². The van der Waals surface area contributed by atoms with E-state index in [9.17, 15) is 4.79 Å². The van der Waals surface area contributed by atoms with Crippen molar-refractivity contribution in [3.8, 4) is 0 Å². The second-order valence-corrected chi connectivity index (χ2v) is 7.58. The fraction of sp³-hybridized carbons (Fsp3) is 0.944. The van der Waals surface area contributed by atoms with Crippen LogP contribution in [0.25, 0.3) is 0 Å². The molecule has 1 N–H and O–H groups in total. The van der Waals surface area contributed by atoms with Crippen molar-refractivity contribution >= 4 is 5.91 Å². The Kier molecular flexibility index (Phi) is 6.49. The molecule has 0 aliphatic carbocycles. The quantitative estimate of drug-likeness (QED) is 0.769. The molecule has 24 heavy (non-hydrogen) atoms. The van der Waals surface area contributed by atoms with Crippen LogP contribution in [0.3, 0.4) is 0 Å². The van der Waals surface area contributed by atoms with E-state index in [0.29, 0.717) is 11.9 Å². The minimum Gasteiger partial charge on any atom is -0.395 e. The maximum Gasteiger partial charge on any atom is 0.239 e. The maximum absolute atomic E-state index is 12.7. The number of hydrogen-bond donors (Lipinski definition) is 1. The number of nitrogens with zero attached hydrogens (tertiary/aromatic N) is 4. The van der Waals surface area contributed by atoms with Crippen LogP contribution >= 0.6 is 0 Å². The average molecular weight is 338 g/mol. The number of β-amino-alcohol motifs (C(OH)–C–C–N with tert-alkyl or cyclic N) is 1. The van der Waals surface area contributed by atoms with Crippen molar-refractivity contribution in [2.45, 2.75) is 44.7 Å². The van der Waals surface area contributed by atoms with E-state index in [1.165, 1.54) is 12.8 Å². The summed E-state index contributed by atoms with van der Waals surface area (Å²) in [6.45, 7) is 11.5. The first-order valence-electron chi connectivity index (χ1n) is 9.79. The van der Waals surface area contributed by atoms with Gasteiger partial charge in [-0.05, 0) is 45.7 Å². The summed E-state index contributed by atoms with van der Waals surface area (Å²) in [6.07, 6.45) is 4.70. The molecule has 1 atom stereocenters. The molecule has 0 aromatic carbocycles. The largest absolute Gasteiger partial charge is 0.395 e.